The Labute approximate surface area is 197 Å². The summed E-state index contributed by atoms with van der Waals surface area (Å²) in [5.74, 6) is -1.20. The van der Waals surface area contributed by atoms with Gasteiger partial charge in [0.15, 0.2) is 0 Å². The summed E-state index contributed by atoms with van der Waals surface area (Å²) in [6, 6.07) is 5.48. The van der Waals surface area contributed by atoms with Crippen molar-refractivity contribution >= 4 is 35.1 Å². The number of amides is 5. The Morgan fingerprint density at radius 2 is 1.80 bits per heavy atom. The smallest absolute Gasteiger partial charge is 0.322 e. The lowest BCUT2D eigenvalue weighted by atomic mass is 10.0. The minimum absolute atomic E-state index is 0.149. The number of anilines is 2. The predicted molar refractivity (Wildman–Crippen MR) is 116 cm³/mol. The summed E-state index contributed by atoms with van der Waals surface area (Å²) in [6.45, 7) is 2.22. The molecule has 1 aromatic heterocycles. The molecule has 3 aliphatic rings. The molecule has 0 aliphatic carbocycles. The fraction of sp³-hybridized carbons (Fsp3) is 0.348. The van der Waals surface area contributed by atoms with Gasteiger partial charge in [0.1, 0.15) is 11.7 Å². The van der Waals surface area contributed by atoms with Gasteiger partial charge in [-0.05, 0) is 49.2 Å². The SMILES string of the molecule is CC1CN(c2ccc3c(c2)CN(C2CCC(=O)NC2=O)C3=O)C(=O)N1c1ccc(C(F)(F)F)nc1. The minimum atomic E-state index is -4.57. The van der Waals surface area contributed by atoms with Crippen LogP contribution < -0.4 is 15.1 Å². The number of imide groups is 1. The van der Waals surface area contributed by atoms with E-state index in [1.165, 1.54) is 20.8 Å². The van der Waals surface area contributed by atoms with Crippen LogP contribution in [0.15, 0.2) is 36.5 Å². The third kappa shape index (κ3) is 3.88. The van der Waals surface area contributed by atoms with Crippen molar-refractivity contribution in [1.29, 1.82) is 0 Å². The van der Waals surface area contributed by atoms with E-state index in [9.17, 15) is 32.3 Å². The van der Waals surface area contributed by atoms with Gasteiger partial charge >= 0.3 is 12.2 Å². The Morgan fingerprint density at radius 1 is 1.06 bits per heavy atom. The van der Waals surface area contributed by atoms with Crippen molar-refractivity contribution in [2.75, 3.05) is 16.3 Å². The first-order valence-electron chi connectivity index (χ1n) is 11.0. The molecule has 35 heavy (non-hydrogen) atoms. The van der Waals surface area contributed by atoms with Gasteiger partial charge in [-0.1, -0.05) is 0 Å². The van der Waals surface area contributed by atoms with Crippen LogP contribution >= 0.6 is 0 Å². The third-order valence-electron chi connectivity index (χ3n) is 6.46. The highest BCUT2D eigenvalue weighted by molar-refractivity contribution is 6.08. The maximum absolute atomic E-state index is 13.2. The monoisotopic (exact) mass is 487 g/mol. The van der Waals surface area contributed by atoms with E-state index in [1.54, 1.807) is 25.1 Å². The van der Waals surface area contributed by atoms with Crippen LogP contribution in [0.1, 0.15) is 41.4 Å². The molecule has 2 fully saturated rings. The number of aromatic nitrogens is 1. The summed E-state index contributed by atoms with van der Waals surface area (Å²) in [7, 11) is 0. The molecule has 4 heterocycles. The van der Waals surface area contributed by atoms with Gasteiger partial charge in [0.2, 0.25) is 11.8 Å². The number of hydrogen-bond donors (Lipinski definition) is 1. The highest BCUT2D eigenvalue weighted by Crippen LogP contribution is 2.34. The van der Waals surface area contributed by atoms with E-state index in [1.807, 2.05) is 0 Å². The number of rotatable bonds is 3. The zero-order valence-corrected chi connectivity index (χ0v) is 18.5. The summed E-state index contributed by atoms with van der Waals surface area (Å²) in [5, 5.41) is 2.25. The Balaban J connectivity index is 1.36. The van der Waals surface area contributed by atoms with Crippen molar-refractivity contribution in [3.63, 3.8) is 0 Å². The molecule has 182 valence electrons. The highest BCUT2D eigenvalue weighted by atomic mass is 19.4. The molecular formula is C23H20F3N5O4. The molecule has 0 bridgehead atoms. The van der Waals surface area contributed by atoms with Crippen molar-refractivity contribution in [3.8, 4) is 0 Å². The van der Waals surface area contributed by atoms with Gasteiger partial charge in [-0.2, -0.15) is 13.2 Å². The van der Waals surface area contributed by atoms with Crippen LogP contribution in [0.3, 0.4) is 0 Å². The zero-order valence-electron chi connectivity index (χ0n) is 18.5. The largest absolute Gasteiger partial charge is 0.433 e. The van der Waals surface area contributed by atoms with Gasteiger partial charge in [-0.3, -0.25) is 29.5 Å². The predicted octanol–water partition coefficient (Wildman–Crippen LogP) is 2.70. The van der Waals surface area contributed by atoms with E-state index in [0.29, 0.717) is 16.8 Å². The number of fused-ring (bicyclic) bond motifs is 1. The highest BCUT2D eigenvalue weighted by Gasteiger charge is 2.41. The fourth-order valence-corrected chi connectivity index (χ4v) is 4.75. The number of urea groups is 1. The lowest BCUT2D eigenvalue weighted by Gasteiger charge is -2.29. The Bertz CT molecular complexity index is 1250. The van der Waals surface area contributed by atoms with Crippen LogP contribution in [-0.4, -0.2) is 52.3 Å². The van der Waals surface area contributed by atoms with E-state index in [4.69, 9.17) is 0 Å². The van der Waals surface area contributed by atoms with Crippen LogP contribution in [-0.2, 0) is 22.3 Å². The molecule has 0 spiro atoms. The third-order valence-corrected chi connectivity index (χ3v) is 6.46. The second-order valence-electron chi connectivity index (χ2n) is 8.75. The summed E-state index contributed by atoms with van der Waals surface area (Å²) >= 11 is 0. The summed E-state index contributed by atoms with van der Waals surface area (Å²) in [5.41, 5.74) is 0.801. The zero-order chi connectivity index (χ0) is 25.1. The van der Waals surface area contributed by atoms with Gasteiger partial charge in [-0.25, -0.2) is 9.78 Å². The topological polar surface area (TPSA) is 103 Å². The first kappa shape index (κ1) is 22.8. The second kappa shape index (κ2) is 8.07. The number of carbonyl (C=O) groups is 4. The lowest BCUT2D eigenvalue weighted by molar-refractivity contribution is -0.141. The van der Waals surface area contributed by atoms with Crippen molar-refractivity contribution in [1.82, 2.24) is 15.2 Å². The number of nitrogens with one attached hydrogen (secondary N) is 1. The number of alkyl halides is 3. The molecule has 12 heteroatoms. The number of benzene rings is 1. The van der Waals surface area contributed by atoms with E-state index >= 15 is 0 Å². The van der Waals surface area contributed by atoms with Gasteiger partial charge in [0, 0.05) is 30.8 Å². The second-order valence-corrected chi connectivity index (χ2v) is 8.75. The van der Waals surface area contributed by atoms with E-state index in [-0.39, 0.29) is 49.5 Å². The van der Waals surface area contributed by atoms with Gasteiger partial charge in [-0.15, -0.1) is 0 Å². The molecule has 5 amide bonds. The van der Waals surface area contributed by atoms with Crippen LogP contribution in [0, 0.1) is 0 Å². The molecule has 1 N–H and O–H groups in total. The normalized spacial score (nSPS) is 22.7. The molecule has 0 saturated carbocycles. The van der Waals surface area contributed by atoms with Crippen molar-refractivity contribution in [2.24, 2.45) is 0 Å². The number of carbonyl (C=O) groups excluding carboxylic acids is 4. The van der Waals surface area contributed by atoms with Crippen LogP contribution in [0.25, 0.3) is 0 Å². The standard InChI is InChI=1S/C23H20F3N5O4/c1-12-10-29(22(35)31(12)15-3-6-18(27-9-15)23(24,25)26)14-2-4-16-13(8-14)11-30(21(16)34)17-5-7-19(32)28-20(17)33/h2-4,6,8-9,12,17H,5,7,10-11H2,1H3,(H,28,32,33). The molecule has 2 unspecified atom stereocenters. The first-order chi connectivity index (χ1) is 16.5. The number of pyridine rings is 1. The lowest BCUT2D eigenvalue weighted by Crippen LogP contribution is -2.52. The average Bonchev–Trinajstić information content (AvgIpc) is 3.28. The molecule has 9 nitrogen and oxygen atoms in total. The van der Waals surface area contributed by atoms with Crippen LogP contribution in [0.4, 0.5) is 29.3 Å². The summed E-state index contributed by atoms with van der Waals surface area (Å²) in [4.78, 5) is 57.5. The molecule has 3 aliphatic heterocycles. The minimum Gasteiger partial charge on any atom is -0.322 e. The molecule has 2 saturated heterocycles. The average molecular weight is 487 g/mol. The van der Waals surface area contributed by atoms with Crippen molar-refractivity contribution in [2.45, 2.75) is 44.6 Å². The Kier molecular flexibility index (Phi) is 5.26. The van der Waals surface area contributed by atoms with Crippen LogP contribution in [0.2, 0.25) is 0 Å². The van der Waals surface area contributed by atoms with Crippen LogP contribution in [0.5, 0.6) is 0 Å². The molecule has 2 aromatic rings. The van der Waals surface area contributed by atoms with Gasteiger partial charge in [0.05, 0.1) is 17.9 Å². The van der Waals surface area contributed by atoms with E-state index in [0.717, 1.165) is 12.3 Å². The van der Waals surface area contributed by atoms with Crippen molar-refractivity contribution < 1.29 is 32.3 Å². The fourth-order valence-electron chi connectivity index (χ4n) is 4.75. The first-order valence-corrected chi connectivity index (χ1v) is 11.0. The summed E-state index contributed by atoms with van der Waals surface area (Å²) in [6.07, 6.45) is -3.15. The Morgan fingerprint density at radius 3 is 2.46 bits per heavy atom. The quantitative estimate of drug-likeness (QED) is 0.671. The number of halogens is 3. The van der Waals surface area contributed by atoms with E-state index in [2.05, 4.69) is 10.3 Å². The molecule has 1 aromatic carbocycles. The number of piperidine rings is 1. The van der Waals surface area contributed by atoms with Gasteiger partial charge < -0.3 is 4.90 Å². The Hall–Kier alpha value is -3.96. The summed E-state index contributed by atoms with van der Waals surface area (Å²) < 4.78 is 38.5. The maximum Gasteiger partial charge on any atom is 0.433 e. The number of hydrogen-bond acceptors (Lipinski definition) is 5. The molecule has 5 rings (SSSR count). The van der Waals surface area contributed by atoms with Crippen molar-refractivity contribution in [3.05, 3.63) is 53.3 Å². The maximum atomic E-state index is 13.2. The molecule has 0 radical (unpaired) electrons. The van der Waals surface area contributed by atoms with E-state index < -0.39 is 29.9 Å². The molecular weight excluding hydrogens is 467 g/mol. The van der Waals surface area contributed by atoms with Gasteiger partial charge in [0.25, 0.3) is 5.91 Å². The number of nitrogens with zero attached hydrogens (tertiary/aromatic N) is 4. The molecule has 2 atom stereocenters.